The smallest absolute Gasteiger partial charge is 0.326 e. The van der Waals surface area contributed by atoms with Gasteiger partial charge < -0.3 is 37.6 Å². The number of carboxylic acids is 1. The number of carbonyl (C=O) groups excluding carboxylic acids is 3. The number of carbonyl (C=O) groups is 4. The molecule has 9 N–H and O–H groups in total. The van der Waals surface area contributed by atoms with Crippen LogP contribution in [0, 0.1) is 11.8 Å². The van der Waals surface area contributed by atoms with E-state index in [-0.39, 0.29) is 18.3 Å². The molecule has 0 radical (unpaired) electrons. The largest absolute Gasteiger partial charge is 0.480 e. The molecule has 0 aromatic rings. The zero-order valence-electron chi connectivity index (χ0n) is 18.9. The SMILES string of the molecule is CC(C)CC(NC(=O)C(N)CO)C(=O)NC(C(=O)NC(CCCCN)C(=O)O)C(C)C. The molecule has 11 heteroatoms. The van der Waals surface area contributed by atoms with Crippen molar-refractivity contribution in [1.29, 1.82) is 0 Å². The van der Waals surface area contributed by atoms with E-state index < -0.39 is 54.5 Å². The van der Waals surface area contributed by atoms with Crippen LogP contribution in [-0.4, -0.2) is 71.2 Å². The average Bonchev–Trinajstić information content (AvgIpc) is 2.68. The number of amides is 3. The van der Waals surface area contributed by atoms with Crippen molar-refractivity contribution in [2.75, 3.05) is 13.2 Å². The van der Waals surface area contributed by atoms with Crippen LogP contribution in [0.2, 0.25) is 0 Å². The molecule has 4 atom stereocenters. The monoisotopic (exact) mass is 445 g/mol. The molecule has 0 saturated carbocycles. The normalized spacial score (nSPS) is 15.1. The van der Waals surface area contributed by atoms with E-state index in [0.717, 1.165) is 0 Å². The van der Waals surface area contributed by atoms with Crippen LogP contribution in [0.1, 0.15) is 53.4 Å². The molecule has 0 aromatic carbocycles. The summed E-state index contributed by atoms with van der Waals surface area (Å²) in [5.74, 6) is -3.34. The zero-order valence-corrected chi connectivity index (χ0v) is 18.9. The summed E-state index contributed by atoms with van der Waals surface area (Å²) in [4.78, 5) is 49.1. The Balaban J connectivity index is 5.31. The molecule has 180 valence electrons. The minimum Gasteiger partial charge on any atom is -0.480 e. The highest BCUT2D eigenvalue weighted by Gasteiger charge is 2.32. The molecule has 0 aliphatic carbocycles. The Morgan fingerprint density at radius 2 is 1.45 bits per heavy atom. The molecule has 0 aromatic heterocycles. The van der Waals surface area contributed by atoms with Gasteiger partial charge in [-0.05, 0) is 44.1 Å². The predicted molar refractivity (Wildman–Crippen MR) is 116 cm³/mol. The standard InChI is InChI=1S/C20H39N5O6/c1-11(2)9-15(24-17(27)13(22)10-26)18(28)25-16(12(3)4)19(29)23-14(20(30)31)7-5-6-8-21/h11-16,26H,5-10,21-22H2,1-4H3,(H,23,29)(H,24,27)(H,25,28)(H,30,31). The first-order chi connectivity index (χ1) is 14.4. The fourth-order valence-electron chi connectivity index (χ4n) is 2.87. The predicted octanol–water partition coefficient (Wildman–Crippen LogP) is -1.32. The summed E-state index contributed by atoms with van der Waals surface area (Å²) in [6.45, 7) is 7.01. The van der Waals surface area contributed by atoms with E-state index >= 15 is 0 Å². The van der Waals surface area contributed by atoms with Gasteiger partial charge in [-0.15, -0.1) is 0 Å². The first-order valence-corrected chi connectivity index (χ1v) is 10.6. The fraction of sp³-hybridized carbons (Fsp3) is 0.800. The molecule has 0 heterocycles. The molecular formula is C20H39N5O6. The lowest BCUT2D eigenvalue weighted by Crippen LogP contribution is -2.58. The molecular weight excluding hydrogens is 406 g/mol. The maximum Gasteiger partial charge on any atom is 0.326 e. The van der Waals surface area contributed by atoms with Gasteiger partial charge in [0, 0.05) is 0 Å². The molecule has 0 bridgehead atoms. The minimum atomic E-state index is -1.17. The first-order valence-electron chi connectivity index (χ1n) is 10.6. The third-order valence-electron chi connectivity index (χ3n) is 4.68. The van der Waals surface area contributed by atoms with E-state index in [2.05, 4.69) is 16.0 Å². The summed E-state index contributed by atoms with van der Waals surface area (Å²) in [7, 11) is 0. The molecule has 0 aliphatic heterocycles. The second-order valence-electron chi connectivity index (χ2n) is 8.39. The van der Waals surface area contributed by atoms with E-state index in [1.54, 1.807) is 13.8 Å². The van der Waals surface area contributed by atoms with Crippen LogP contribution in [0.4, 0.5) is 0 Å². The number of nitrogens with two attached hydrogens (primary N) is 2. The summed E-state index contributed by atoms with van der Waals surface area (Å²) in [5, 5.41) is 26.0. The van der Waals surface area contributed by atoms with E-state index in [9.17, 15) is 24.3 Å². The van der Waals surface area contributed by atoms with Crippen LogP contribution >= 0.6 is 0 Å². The second-order valence-corrected chi connectivity index (χ2v) is 8.39. The highest BCUT2D eigenvalue weighted by atomic mass is 16.4. The minimum absolute atomic E-state index is 0.0478. The Kier molecular flexibility index (Phi) is 13.6. The highest BCUT2D eigenvalue weighted by molar-refractivity contribution is 5.94. The van der Waals surface area contributed by atoms with Crippen molar-refractivity contribution in [3.63, 3.8) is 0 Å². The zero-order chi connectivity index (χ0) is 24.1. The molecule has 0 spiro atoms. The maximum atomic E-state index is 12.8. The van der Waals surface area contributed by atoms with E-state index in [1.165, 1.54) is 0 Å². The average molecular weight is 446 g/mol. The number of carboxylic acid groups (broad SMARTS) is 1. The molecule has 4 unspecified atom stereocenters. The molecule has 0 aliphatic rings. The quantitative estimate of drug-likeness (QED) is 0.150. The fourth-order valence-corrected chi connectivity index (χ4v) is 2.87. The number of hydrogen-bond acceptors (Lipinski definition) is 7. The van der Waals surface area contributed by atoms with Gasteiger partial charge in [0.25, 0.3) is 0 Å². The van der Waals surface area contributed by atoms with Crippen LogP contribution in [0.3, 0.4) is 0 Å². The molecule has 31 heavy (non-hydrogen) atoms. The third kappa shape index (κ3) is 11.1. The van der Waals surface area contributed by atoms with Crippen molar-refractivity contribution >= 4 is 23.7 Å². The number of nitrogens with one attached hydrogen (secondary N) is 3. The molecule has 0 fully saturated rings. The number of hydrogen-bond donors (Lipinski definition) is 7. The lowest BCUT2D eigenvalue weighted by Gasteiger charge is -2.27. The number of aliphatic carboxylic acids is 1. The van der Waals surface area contributed by atoms with Gasteiger partial charge >= 0.3 is 5.97 Å². The van der Waals surface area contributed by atoms with E-state index in [1.807, 2.05) is 13.8 Å². The Labute approximate surface area is 183 Å². The maximum absolute atomic E-state index is 12.8. The van der Waals surface area contributed by atoms with Gasteiger partial charge in [0.05, 0.1) is 6.61 Å². The lowest BCUT2D eigenvalue weighted by atomic mass is 9.99. The first kappa shape index (κ1) is 28.8. The molecule has 3 amide bonds. The second kappa shape index (κ2) is 14.7. The number of aliphatic hydroxyl groups excluding tert-OH is 1. The van der Waals surface area contributed by atoms with Crippen LogP contribution in [0.15, 0.2) is 0 Å². The molecule has 0 rings (SSSR count). The van der Waals surface area contributed by atoms with Gasteiger partial charge in [-0.25, -0.2) is 4.79 Å². The Morgan fingerprint density at radius 3 is 1.90 bits per heavy atom. The summed E-state index contributed by atoms with van der Waals surface area (Å²) in [5.41, 5.74) is 10.9. The van der Waals surface area contributed by atoms with Gasteiger partial charge in [-0.2, -0.15) is 0 Å². The number of rotatable bonds is 15. The molecule has 0 saturated heterocycles. The van der Waals surface area contributed by atoms with Gasteiger partial charge in [0.2, 0.25) is 17.7 Å². The Hall–Kier alpha value is -2.24. The van der Waals surface area contributed by atoms with Crippen molar-refractivity contribution in [2.24, 2.45) is 23.3 Å². The van der Waals surface area contributed by atoms with Gasteiger partial charge in [-0.1, -0.05) is 27.7 Å². The summed E-state index contributed by atoms with van der Waals surface area (Å²) in [6.07, 6.45) is 1.69. The van der Waals surface area contributed by atoms with E-state index in [0.29, 0.717) is 25.8 Å². The third-order valence-corrected chi connectivity index (χ3v) is 4.68. The highest BCUT2D eigenvalue weighted by Crippen LogP contribution is 2.09. The topological polar surface area (TPSA) is 197 Å². The van der Waals surface area contributed by atoms with Gasteiger partial charge in [0.15, 0.2) is 0 Å². The Morgan fingerprint density at radius 1 is 0.871 bits per heavy atom. The molecule has 11 nitrogen and oxygen atoms in total. The van der Waals surface area contributed by atoms with Gasteiger partial charge in [0.1, 0.15) is 24.2 Å². The van der Waals surface area contributed by atoms with Crippen molar-refractivity contribution in [3.8, 4) is 0 Å². The van der Waals surface area contributed by atoms with Crippen LogP contribution in [-0.2, 0) is 19.2 Å². The van der Waals surface area contributed by atoms with Crippen LogP contribution < -0.4 is 27.4 Å². The Bertz CT molecular complexity index is 599. The van der Waals surface area contributed by atoms with Gasteiger partial charge in [-0.3, -0.25) is 14.4 Å². The summed E-state index contributed by atoms with van der Waals surface area (Å²) < 4.78 is 0. The van der Waals surface area contributed by atoms with Crippen molar-refractivity contribution in [2.45, 2.75) is 77.5 Å². The van der Waals surface area contributed by atoms with Crippen LogP contribution in [0.25, 0.3) is 0 Å². The van der Waals surface area contributed by atoms with Crippen LogP contribution in [0.5, 0.6) is 0 Å². The number of aliphatic hydroxyl groups is 1. The number of unbranched alkanes of at least 4 members (excludes halogenated alkanes) is 1. The van der Waals surface area contributed by atoms with Crippen molar-refractivity contribution < 1.29 is 29.4 Å². The summed E-state index contributed by atoms with van der Waals surface area (Å²) in [6, 6.07) is -4.22. The lowest BCUT2D eigenvalue weighted by molar-refractivity contribution is -0.143. The van der Waals surface area contributed by atoms with Crippen molar-refractivity contribution in [3.05, 3.63) is 0 Å². The van der Waals surface area contributed by atoms with Crippen molar-refractivity contribution in [1.82, 2.24) is 16.0 Å². The summed E-state index contributed by atoms with van der Waals surface area (Å²) >= 11 is 0. The van der Waals surface area contributed by atoms with E-state index in [4.69, 9.17) is 16.6 Å².